The first-order valence-corrected chi connectivity index (χ1v) is 6.51. The summed E-state index contributed by atoms with van der Waals surface area (Å²) in [7, 11) is 0. The van der Waals surface area contributed by atoms with Crippen molar-refractivity contribution in [2.45, 2.75) is 16.7 Å². The summed E-state index contributed by atoms with van der Waals surface area (Å²) >= 11 is 7.20. The lowest BCUT2D eigenvalue weighted by molar-refractivity contribution is 0.101. The Labute approximate surface area is 114 Å². The Balaban J connectivity index is 2.46. The second-order valence-electron chi connectivity index (χ2n) is 3.71. The molecule has 4 heteroatoms. The standard InChI is InChI=1S/C14H10ClFOS/c1-9(17)10-5-4-7-12(16)14(10)18-13-8-3-2-6-11(13)15/h2-8H,1H3. The number of rotatable bonds is 3. The summed E-state index contributed by atoms with van der Waals surface area (Å²) in [5.41, 5.74) is 0.375. The van der Waals surface area contributed by atoms with Crippen LogP contribution in [0.3, 0.4) is 0 Å². The number of carbonyl (C=O) groups is 1. The van der Waals surface area contributed by atoms with E-state index >= 15 is 0 Å². The van der Waals surface area contributed by atoms with E-state index in [1.165, 1.54) is 30.8 Å². The van der Waals surface area contributed by atoms with Crippen molar-refractivity contribution >= 4 is 29.1 Å². The molecule has 0 aliphatic heterocycles. The zero-order valence-corrected chi connectivity index (χ0v) is 11.2. The van der Waals surface area contributed by atoms with Crippen LogP contribution in [0.5, 0.6) is 0 Å². The quantitative estimate of drug-likeness (QED) is 0.749. The van der Waals surface area contributed by atoms with Crippen LogP contribution in [-0.4, -0.2) is 5.78 Å². The highest BCUT2D eigenvalue weighted by atomic mass is 35.5. The van der Waals surface area contributed by atoms with E-state index in [1.807, 2.05) is 6.07 Å². The Morgan fingerprint density at radius 3 is 2.56 bits per heavy atom. The number of hydrogen-bond acceptors (Lipinski definition) is 2. The van der Waals surface area contributed by atoms with Gasteiger partial charge in [0.25, 0.3) is 0 Å². The first kappa shape index (κ1) is 13.1. The molecule has 0 spiro atoms. The van der Waals surface area contributed by atoms with Gasteiger partial charge in [0.05, 0.1) is 9.92 Å². The van der Waals surface area contributed by atoms with E-state index in [-0.39, 0.29) is 5.78 Å². The lowest BCUT2D eigenvalue weighted by Crippen LogP contribution is -1.97. The van der Waals surface area contributed by atoms with Crippen LogP contribution >= 0.6 is 23.4 Å². The van der Waals surface area contributed by atoms with Gasteiger partial charge in [0, 0.05) is 10.5 Å². The van der Waals surface area contributed by atoms with Crippen LogP contribution in [0, 0.1) is 5.82 Å². The second kappa shape index (κ2) is 5.55. The van der Waals surface area contributed by atoms with Crippen molar-refractivity contribution < 1.29 is 9.18 Å². The third-order valence-electron chi connectivity index (χ3n) is 2.39. The average molecular weight is 281 g/mol. The molecule has 2 aromatic rings. The van der Waals surface area contributed by atoms with Crippen molar-refractivity contribution in [3.8, 4) is 0 Å². The molecule has 0 radical (unpaired) electrons. The van der Waals surface area contributed by atoms with Gasteiger partial charge in [-0.2, -0.15) is 0 Å². The van der Waals surface area contributed by atoms with Gasteiger partial charge in [0.2, 0.25) is 0 Å². The predicted molar refractivity (Wildman–Crippen MR) is 72.0 cm³/mol. The molecule has 0 aromatic heterocycles. The van der Waals surface area contributed by atoms with E-state index in [9.17, 15) is 9.18 Å². The largest absolute Gasteiger partial charge is 0.294 e. The van der Waals surface area contributed by atoms with Crippen molar-refractivity contribution in [3.63, 3.8) is 0 Å². The normalized spacial score (nSPS) is 10.4. The number of ketones is 1. The monoisotopic (exact) mass is 280 g/mol. The van der Waals surface area contributed by atoms with Gasteiger partial charge < -0.3 is 0 Å². The molecule has 2 rings (SSSR count). The van der Waals surface area contributed by atoms with E-state index in [1.54, 1.807) is 24.3 Å². The number of Topliss-reactive ketones (excluding diaryl/α,β-unsaturated/α-hetero) is 1. The van der Waals surface area contributed by atoms with E-state index in [2.05, 4.69) is 0 Å². The first-order chi connectivity index (χ1) is 8.59. The number of halogens is 2. The summed E-state index contributed by atoms with van der Waals surface area (Å²) in [4.78, 5) is 12.5. The van der Waals surface area contributed by atoms with Gasteiger partial charge in [-0.05, 0) is 25.1 Å². The number of carbonyl (C=O) groups excluding carboxylic acids is 1. The topological polar surface area (TPSA) is 17.1 Å². The first-order valence-electron chi connectivity index (χ1n) is 5.31. The molecule has 0 atom stereocenters. The van der Waals surface area contributed by atoms with Gasteiger partial charge in [-0.1, -0.05) is 47.6 Å². The summed E-state index contributed by atoms with van der Waals surface area (Å²) in [6.45, 7) is 1.42. The van der Waals surface area contributed by atoms with Crippen LogP contribution < -0.4 is 0 Å². The fourth-order valence-corrected chi connectivity index (χ4v) is 2.80. The summed E-state index contributed by atoms with van der Waals surface area (Å²) in [5.74, 6) is -0.573. The van der Waals surface area contributed by atoms with Crippen LogP contribution in [0.4, 0.5) is 4.39 Å². The summed E-state index contributed by atoms with van der Waals surface area (Å²) < 4.78 is 13.8. The van der Waals surface area contributed by atoms with E-state index in [0.717, 1.165) is 4.90 Å². The molecule has 0 amide bonds. The molecule has 92 valence electrons. The Morgan fingerprint density at radius 2 is 1.89 bits per heavy atom. The molecule has 0 heterocycles. The summed E-state index contributed by atoms with van der Waals surface area (Å²) in [6.07, 6.45) is 0. The highest BCUT2D eigenvalue weighted by molar-refractivity contribution is 7.99. The van der Waals surface area contributed by atoms with Gasteiger partial charge in [0.1, 0.15) is 5.82 Å². The van der Waals surface area contributed by atoms with Crippen LogP contribution in [0.15, 0.2) is 52.3 Å². The van der Waals surface area contributed by atoms with E-state index < -0.39 is 5.82 Å². The smallest absolute Gasteiger partial charge is 0.161 e. The highest BCUT2D eigenvalue weighted by Crippen LogP contribution is 2.36. The molecule has 2 aromatic carbocycles. The number of hydrogen-bond donors (Lipinski definition) is 0. The Morgan fingerprint density at radius 1 is 1.17 bits per heavy atom. The zero-order chi connectivity index (χ0) is 13.1. The van der Waals surface area contributed by atoms with Crippen molar-refractivity contribution in [2.24, 2.45) is 0 Å². The molecule has 18 heavy (non-hydrogen) atoms. The molecule has 0 saturated heterocycles. The SMILES string of the molecule is CC(=O)c1cccc(F)c1Sc1ccccc1Cl. The van der Waals surface area contributed by atoms with Crippen molar-refractivity contribution in [1.82, 2.24) is 0 Å². The molecule has 0 fully saturated rings. The van der Waals surface area contributed by atoms with Crippen LogP contribution in [0.2, 0.25) is 5.02 Å². The molecular formula is C14H10ClFOS. The molecular weight excluding hydrogens is 271 g/mol. The Kier molecular flexibility index (Phi) is 4.04. The highest BCUT2D eigenvalue weighted by Gasteiger charge is 2.14. The molecule has 0 unspecified atom stereocenters. The third kappa shape index (κ3) is 2.74. The lowest BCUT2D eigenvalue weighted by atomic mass is 10.1. The van der Waals surface area contributed by atoms with Crippen molar-refractivity contribution in [3.05, 3.63) is 58.9 Å². The van der Waals surface area contributed by atoms with Crippen molar-refractivity contribution in [2.75, 3.05) is 0 Å². The van der Waals surface area contributed by atoms with Crippen molar-refractivity contribution in [1.29, 1.82) is 0 Å². The lowest BCUT2D eigenvalue weighted by Gasteiger charge is -2.08. The van der Waals surface area contributed by atoms with Gasteiger partial charge in [-0.3, -0.25) is 4.79 Å². The van der Waals surface area contributed by atoms with Crippen LogP contribution in [0.25, 0.3) is 0 Å². The fraction of sp³-hybridized carbons (Fsp3) is 0.0714. The maximum absolute atomic E-state index is 13.8. The van der Waals surface area contributed by atoms with Gasteiger partial charge in [-0.25, -0.2) is 4.39 Å². The molecule has 0 bridgehead atoms. The summed E-state index contributed by atoms with van der Waals surface area (Å²) in [6, 6.07) is 11.6. The van der Waals surface area contributed by atoms with E-state index in [0.29, 0.717) is 15.5 Å². The zero-order valence-electron chi connectivity index (χ0n) is 9.61. The Bertz CT molecular complexity index is 598. The minimum absolute atomic E-state index is 0.163. The van der Waals surface area contributed by atoms with Crippen LogP contribution in [0.1, 0.15) is 17.3 Å². The minimum atomic E-state index is -0.410. The van der Waals surface area contributed by atoms with Gasteiger partial charge in [-0.15, -0.1) is 0 Å². The molecule has 1 nitrogen and oxygen atoms in total. The second-order valence-corrected chi connectivity index (χ2v) is 5.16. The fourth-order valence-electron chi connectivity index (χ4n) is 1.53. The average Bonchev–Trinajstić information content (AvgIpc) is 2.34. The molecule has 0 N–H and O–H groups in total. The number of benzene rings is 2. The predicted octanol–water partition coefficient (Wildman–Crippen LogP) is 4.83. The van der Waals surface area contributed by atoms with E-state index in [4.69, 9.17) is 11.6 Å². The third-order valence-corrected chi connectivity index (χ3v) is 4.03. The molecule has 0 aliphatic carbocycles. The van der Waals surface area contributed by atoms with Crippen LogP contribution in [-0.2, 0) is 0 Å². The summed E-state index contributed by atoms with van der Waals surface area (Å²) in [5, 5.41) is 0.542. The van der Waals surface area contributed by atoms with Gasteiger partial charge >= 0.3 is 0 Å². The van der Waals surface area contributed by atoms with Gasteiger partial charge in [0.15, 0.2) is 5.78 Å². The maximum atomic E-state index is 13.8. The minimum Gasteiger partial charge on any atom is -0.294 e. The maximum Gasteiger partial charge on any atom is 0.161 e. The molecule has 0 saturated carbocycles. The Hall–Kier alpha value is -1.32. The molecule has 0 aliphatic rings.